The van der Waals surface area contributed by atoms with Gasteiger partial charge in [0.25, 0.3) is 0 Å². The first-order chi connectivity index (χ1) is 4.22. The number of hydrogen-bond donors (Lipinski definition) is 0. The number of carbonyl (C=O) groups is 1. The van der Waals surface area contributed by atoms with Gasteiger partial charge in [-0.2, -0.15) is 0 Å². The third-order valence-corrected chi connectivity index (χ3v) is 1.12. The van der Waals surface area contributed by atoms with Gasteiger partial charge in [-0.1, -0.05) is 13.0 Å². The number of methoxy groups -OCH3 is 1. The van der Waals surface area contributed by atoms with E-state index in [9.17, 15) is 4.79 Å². The lowest BCUT2D eigenvalue weighted by Gasteiger charge is -2.03. The third-order valence-electron chi connectivity index (χ3n) is 1.12. The van der Waals surface area contributed by atoms with Gasteiger partial charge in [0.2, 0.25) is 0 Å². The predicted octanol–water partition coefficient (Wildman–Crippen LogP) is 1.37. The maximum absolute atomic E-state index is 10.6. The van der Waals surface area contributed by atoms with Crippen molar-refractivity contribution in [3.8, 4) is 0 Å². The molecule has 0 saturated heterocycles. The molecular weight excluding hydrogens is 116 g/mol. The second-order valence-corrected chi connectivity index (χ2v) is 1.95. The van der Waals surface area contributed by atoms with Crippen LogP contribution in [-0.4, -0.2) is 13.1 Å². The zero-order valence-corrected chi connectivity index (χ0v) is 5.89. The number of esters is 1. The van der Waals surface area contributed by atoms with Crippen molar-refractivity contribution in [3.63, 3.8) is 0 Å². The number of rotatable bonds is 3. The third kappa shape index (κ3) is 2.90. The molecule has 0 rings (SSSR count). The van der Waals surface area contributed by atoms with Crippen LogP contribution in [0, 0.1) is 5.92 Å². The molecule has 0 saturated carbocycles. The van der Waals surface area contributed by atoms with Crippen molar-refractivity contribution in [2.45, 2.75) is 13.3 Å². The highest BCUT2D eigenvalue weighted by molar-refractivity contribution is 5.71. The van der Waals surface area contributed by atoms with E-state index in [0.717, 1.165) is 0 Å². The Morgan fingerprint density at radius 3 is 2.78 bits per heavy atom. The van der Waals surface area contributed by atoms with Crippen molar-refractivity contribution in [3.05, 3.63) is 12.7 Å². The Morgan fingerprint density at radius 1 is 1.89 bits per heavy atom. The largest absolute Gasteiger partial charge is 0.469 e. The molecule has 1 unspecified atom stereocenters. The monoisotopic (exact) mass is 128 g/mol. The quantitative estimate of drug-likeness (QED) is 0.424. The Morgan fingerprint density at radius 2 is 2.44 bits per heavy atom. The van der Waals surface area contributed by atoms with E-state index in [1.165, 1.54) is 7.11 Å². The molecule has 0 spiro atoms. The van der Waals surface area contributed by atoms with Crippen LogP contribution in [0.4, 0.5) is 0 Å². The van der Waals surface area contributed by atoms with Gasteiger partial charge in [0.1, 0.15) is 0 Å². The standard InChI is InChI=1S/C7H12O2/c1-4-5-6(2)7(8)9-3/h4,6H,1,5H2,2-3H3. The van der Waals surface area contributed by atoms with Crippen LogP contribution in [0.15, 0.2) is 12.7 Å². The van der Waals surface area contributed by atoms with Crippen LogP contribution in [-0.2, 0) is 9.53 Å². The van der Waals surface area contributed by atoms with E-state index >= 15 is 0 Å². The molecule has 0 aromatic carbocycles. The Hall–Kier alpha value is -0.790. The number of hydrogen-bond acceptors (Lipinski definition) is 2. The van der Waals surface area contributed by atoms with E-state index in [1.54, 1.807) is 6.08 Å². The van der Waals surface area contributed by atoms with Gasteiger partial charge in [-0.05, 0) is 6.42 Å². The van der Waals surface area contributed by atoms with Gasteiger partial charge in [-0.25, -0.2) is 0 Å². The molecule has 2 nitrogen and oxygen atoms in total. The molecule has 0 radical (unpaired) electrons. The predicted molar refractivity (Wildman–Crippen MR) is 36.0 cm³/mol. The SMILES string of the molecule is C=CCC(C)C(=O)OC. The minimum Gasteiger partial charge on any atom is -0.469 e. The van der Waals surface area contributed by atoms with Crippen LogP contribution in [0.2, 0.25) is 0 Å². The molecule has 1 atom stereocenters. The normalized spacial score (nSPS) is 12.2. The van der Waals surface area contributed by atoms with Crippen molar-refractivity contribution in [2.75, 3.05) is 7.11 Å². The van der Waals surface area contributed by atoms with Gasteiger partial charge < -0.3 is 4.74 Å². The van der Waals surface area contributed by atoms with Gasteiger partial charge in [0.05, 0.1) is 13.0 Å². The summed E-state index contributed by atoms with van der Waals surface area (Å²) < 4.78 is 4.48. The summed E-state index contributed by atoms with van der Waals surface area (Å²) in [5.41, 5.74) is 0. The molecule has 52 valence electrons. The molecule has 2 heteroatoms. The van der Waals surface area contributed by atoms with Crippen molar-refractivity contribution in [2.24, 2.45) is 5.92 Å². The highest BCUT2D eigenvalue weighted by Crippen LogP contribution is 2.02. The lowest BCUT2D eigenvalue weighted by Crippen LogP contribution is -2.11. The van der Waals surface area contributed by atoms with Crippen molar-refractivity contribution >= 4 is 5.97 Å². The topological polar surface area (TPSA) is 26.3 Å². The van der Waals surface area contributed by atoms with E-state index in [0.29, 0.717) is 6.42 Å². The lowest BCUT2D eigenvalue weighted by atomic mass is 10.1. The highest BCUT2D eigenvalue weighted by atomic mass is 16.5. The van der Waals surface area contributed by atoms with Gasteiger partial charge in [0, 0.05) is 0 Å². The minimum absolute atomic E-state index is 0.0486. The van der Waals surface area contributed by atoms with E-state index in [-0.39, 0.29) is 11.9 Å². The van der Waals surface area contributed by atoms with Gasteiger partial charge in [0.15, 0.2) is 0 Å². The summed E-state index contributed by atoms with van der Waals surface area (Å²) in [5, 5.41) is 0. The number of carbonyl (C=O) groups excluding carboxylic acids is 1. The molecule has 0 aliphatic heterocycles. The van der Waals surface area contributed by atoms with E-state index in [2.05, 4.69) is 11.3 Å². The van der Waals surface area contributed by atoms with Crippen LogP contribution in [0.3, 0.4) is 0 Å². The molecule has 0 fully saturated rings. The number of ether oxygens (including phenoxy) is 1. The fourth-order valence-electron chi connectivity index (χ4n) is 0.547. The molecule has 0 heterocycles. The van der Waals surface area contributed by atoms with Gasteiger partial charge in [-0.15, -0.1) is 6.58 Å². The van der Waals surface area contributed by atoms with E-state index in [4.69, 9.17) is 0 Å². The lowest BCUT2D eigenvalue weighted by molar-refractivity contribution is -0.144. The summed E-state index contributed by atoms with van der Waals surface area (Å²) in [6, 6.07) is 0. The maximum Gasteiger partial charge on any atom is 0.308 e. The van der Waals surface area contributed by atoms with Gasteiger partial charge in [-0.3, -0.25) is 4.79 Å². The number of allylic oxidation sites excluding steroid dienone is 1. The molecular formula is C7H12O2. The Bertz CT molecular complexity index is 107. The van der Waals surface area contributed by atoms with Crippen LogP contribution in [0.25, 0.3) is 0 Å². The summed E-state index contributed by atoms with van der Waals surface area (Å²) in [5.74, 6) is -0.220. The molecule has 0 aromatic rings. The molecule has 0 N–H and O–H groups in total. The Labute approximate surface area is 55.5 Å². The van der Waals surface area contributed by atoms with E-state index < -0.39 is 0 Å². The van der Waals surface area contributed by atoms with Crippen LogP contribution in [0.5, 0.6) is 0 Å². The first-order valence-electron chi connectivity index (χ1n) is 2.91. The fourth-order valence-corrected chi connectivity index (χ4v) is 0.547. The van der Waals surface area contributed by atoms with Crippen LogP contribution in [0.1, 0.15) is 13.3 Å². The van der Waals surface area contributed by atoms with Crippen LogP contribution >= 0.6 is 0 Å². The smallest absolute Gasteiger partial charge is 0.308 e. The molecule has 0 aliphatic carbocycles. The van der Waals surface area contributed by atoms with Crippen molar-refractivity contribution in [1.29, 1.82) is 0 Å². The van der Waals surface area contributed by atoms with Gasteiger partial charge >= 0.3 is 5.97 Å². The average Bonchev–Trinajstić information content (AvgIpc) is 1.87. The minimum atomic E-state index is -0.171. The Kier molecular flexibility index (Phi) is 3.76. The van der Waals surface area contributed by atoms with E-state index in [1.807, 2.05) is 6.92 Å². The second kappa shape index (κ2) is 4.13. The summed E-state index contributed by atoms with van der Waals surface area (Å²) >= 11 is 0. The highest BCUT2D eigenvalue weighted by Gasteiger charge is 2.09. The fraction of sp³-hybridized carbons (Fsp3) is 0.571. The molecule has 0 amide bonds. The molecule has 0 aliphatic rings. The summed E-state index contributed by atoms with van der Waals surface area (Å²) in [6.07, 6.45) is 2.40. The molecule has 0 aromatic heterocycles. The second-order valence-electron chi connectivity index (χ2n) is 1.95. The zero-order valence-electron chi connectivity index (χ0n) is 5.89. The summed E-state index contributed by atoms with van der Waals surface area (Å²) in [6.45, 7) is 5.32. The Balaban J connectivity index is 3.58. The molecule has 0 bridgehead atoms. The van der Waals surface area contributed by atoms with Crippen molar-refractivity contribution in [1.82, 2.24) is 0 Å². The average molecular weight is 128 g/mol. The molecule has 9 heavy (non-hydrogen) atoms. The van der Waals surface area contributed by atoms with Crippen molar-refractivity contribution < 1.29 is 9.53 Å². The maximum atomic E-state index is 10.6. The first kappa shape index (κ1) is 8.21. The zero-order chi connectivity index (χ0) is 7.28. The summed E-state index contributed by atoms with van der Waals surface area (Å²) in [7, 11) is 1.39. The van der Waals surface area contributed by atoms with Crippen LogP contribution < -0.4 is 0 Å². The first-order valence-corrected chi connectivity index (χ1v) is 2.91. The summed E-state index contributed by atoms with van der Waals surface area (Å²) in [4.78, 5) is 10.6.